The molecule has 8 aromatic rings. The van der Waals surface area contributed by atoms with E-state index in [9.17, 15) is 0 Å². The number of anilines is 3. The molecule has 2 unspecified atom stereocenters. The molecule has 2 aliphatic carbocycles. The molecule has 8 aromatic carbocycles. The van der Waals surface area contributed by atoms with Gasteiger partial charge in [-0.1, -0.05) is 176 Å². The Morgan fingerprint density at radius 2 is 1.22 bits per heavy atom. The summed E-state index contributed by atoms with van der Waals surface area (Å²) in [6, 6.07) is 60.5. The van der Waals surface area contributed by atoms with Crippen molar-refractivity contribution in [2.75, 3.05) is 4.90 Å². The molecule has 0 saturated carbocycles. The summed E-state index contributed by atoms with van der Waals surface area (Å²) in [6.07, 6.45) is 13.6. The van der Waals surface area contributed by atoms with Crippen LogP contribution in [0.25, 0.3) is 54.6 Å². The van der Waals surface area contributed by atoms with E-state index in [4.69, 9.17) is 0 Å². The maximum atomic E-state index is 2.44. The summed E-state index contributed by atoms with van der Waals surface area (Å²) >= 11 is 1.93. The van der Waals surface area contributed by atoms with Gasteiger partial charge < -0.3 is 4.90 Å². The average molecular weight is 706 g/mol. The van der Waals surface area contributed by atoms with Gasteiger partial charge in [-0.3, -0.25) is 0 Å². The molecular formula is C52H35NS. The maximum Gasteiger partial charge on any atom is 0.0540 e. The van der Waals surface area contributed by atoms with Crippen molar-refractivity contribution in [3.05, 3.63) is 216 Å². The van der Waals surface area contributed by atoms with E-state index in [1.165, 1.54) is 75.5 Å². The van der Waals surface area contributed by atoms with Gasteiger partial charge in [-0.15, -0.1) is 0 Å². The Kier molecular flexibility index (Phi) is 7.31. The second-order valence-electron chi connectivity index (χ2n) is 14.5. The number of rotatable bonds is 5. The monoisotopic (exact) mass is 705 g/mol. The summed E-state index contributed by atoms with van der Waals surface area (Å²) in [6.45, 7) is 0. The Morgan fingerprint density at radius 1 is 0.500 bits per heavy atom. The van der Waals surface area contributed by atoms with E-state index in [0.29, 0.717) is 11.8 Å². The Hall–Kier alpha value is -6.35. The van der Waals surface area contributed by atoms with Crippen LogP contribution < -0.4 is 4.90 Å². The molecule has 1 nitrogen and oxygen atoms in total. The third-order valence-electron chi connectivity index (χ3n) is 11.4. The summed E-state index contributed by atoms with van der Waals surface area (Å²) in [5.74, 6) is 0.769. The second-order valence-corrected chi connectivity index (χ2v) is 15.6. The van der Waals surface area contributed by atoms with Gasteiger partial charge in [0.25, 0.3) is 0 Å². The number of benzene rings is 8. The third-order valence-corrected chi connectivity index (χ3v) is 12.6. The molecule has 0 bridgehead atoms. The van der Waals surface area contributed by atoms with Crippen molar-refractivity contribution < 1.29 is 0 Å². The largest absolute Gasteiger partial charge is 0.310 e. The minimum atomic E-state index is 0.377. The molecule has 0 fully saturated rings. The van der Waals surface area contributed by atoms with Gasteiger partial charge in [-0.2, -0.15) is 0 Å². The van der Waals surface area contributed by atoms with Crippen LogP contribution in [0.4, 0.5) is 17.1 Å². The van der Waals surface area contributed by atoms with Gasteiger partial charge in [0.1, 0.15) is 0 Å². The zero-order valence-corrected chi connectivity index (χ0v) is 30.4. The van der Waals surface area contributed by atoms with Crippen LogP contribution in [0.2, 0.25) is 0 Å². The van der Waals surface area contributed by atoms with Crippen LogP contribution in [0.5, 0.6) is 0 Å². The number of allylic oxidation sites excluding steroid dienone is 8. The van der Waals surface area contributed by atoms with Gasteiger partial charge in [-0.25, -0.2) is 0 Å². The molecule has 11 rings (SSSR count). The molecule has 1 heterocycles. The average Bonchev–Trinajstić information content (AvgIpc) is 3.63. The zero-order chi connectivity index (χ0) is 35.6. The Morgan fingerprint density at radius 3 is 2.11 bits per heavy atom. The van der Waals surface area contributed by atoms with E-state index in [0.717, 1.165) is 17.1 Å². The van der Waals surface area contributed by atoms with E-state index in [1.54, 1.807) is 0 Å². The highest BCUT2D eigenvalue weighted by Crippen LogP contribution is 2.57. The van der Waals surface area contributed by atoms with Crippen LogP contribution in [0.15, 0.2) is 216 Å². The Bertz CT molecular complexity index is 2910. The molecule has 0 radical (unpaired) electrons. The fraction of sp³-hybridized carbons (Fsp3) is 0.0385. The first-order valence-corrected chi connectivity index (χ1v) is 19.6. The highest BCUT2D eigenvalue weighted by molar-refractivity contribution is 8.03. The maximum absolute atomic E-state index is 2.44. The van der Waals surface area contributed by atoms with Gasteiger partial charge in [0.05, 0.1) is 5.69 Å². The Labute approximate surface area is 319 Å². The van der Waals surface area contributed by atoms with Gasteiger partial charge in [0.2, 0.25) is 0 Å². The molecule has 3 aliphatic rings. The predicted molar refractivity (Wildman–Crippen MR) is 231 cm³/mol. The molecule has 2 heteroatoms. The highest BCUT2D eigenvalue weighted by Gasteiger charge is 2.37. The molecule has 0 saturated heterocycles. The lowest BCUT2D eigenvalue weighted by molar-refractivity contribution is 0.661. The molecular weight excluding hydrogens is 671 g/mol. The van der Waals surface area contributed by atoms with Crippen molar-refractivity contribution in [2.45, 2.75) is 10.8 Å². The minimum absolute atomic E-state index is 0.377. The summed E-state index contributed by atoms with van der Waals surface area (Å²) in [4.78, 5) is 5.22. The first kappa shape index (κ1) is 31.2. The normalized spacial score (nSPS) is 16.9. The number of hydrogen-bond acceptors (Lipinski definition) is 2. The smallest absolute Gasteiger partial charge is 0.0540 e. The number of hydrogen-bond donors (Lipinski definition) is 0. The molecule has 0 amide bonds. The van der Waals surface area contributed by atoms with Crippen molar-refractivity contribution in [1.82, 2.24) is 0 Å². The van der Waals surface area contributed by atoms with E-state index < -0.39 is 0 Å². The lowest BCUT2D eigenvalue weighted by Crippen LogP contribution is -2.16. The summed E-state index contributed by atoms with van der Waals surface area (Å²) in [5.41, 5.74) is 11.1. The summed E-state index contributed by atoms with van der Waals surface area (Å²) in [5, 5.41) is 7.71. The lowest BCUT2D eigenvalue weighted by Gasteiger charge is -2.29. The van der Waals surface area contributed by atoms with Crippen LogP contribution in [0, 0.1) is 5.92 Å². The van der Waals surface area contributed by atoms with Crippen LogP contribution in [0.3, 0.4) is 0 Å². The van der Waals surface area contributed by atoms with Crippen LogP contribution in [-0.2, 0) is 0 Å². The zero-order valence-electron chi connectivity index (χ0n) is 29.6. The van der Waals surface area contributed by atoms with Crippen molar-refractivity contribution >= 4 is 61.1 Å². The Balaban J connectivity index is 1.03. The van der Waals surface area contributed by atoms with Crippen molar-refractivity contribution in [3.8, 4) is 22.3 Å². The quantitative estimate of drug-likeness (QED) is 0.164. The van der Waals surface area contributed by atoms with Crippen LogP contribution >= 0.6 is 11.8 Å². The van der Waals surface area contributed by atoms with Gasteiger partial charge >= 0.3 is 0 Å². The molecule has 0 aromatic heterocycles. The SMILES string of the molecule is C1=CC2=CC=C3Sc4cc(N(c5ccc(-c6ccc7ccc8ccc9ccccc9c8c7c6)cc5)c5ccccc5-c5ccccc5)ccc4C3C2C=C1. The fourth-order valence-electron chi connectivity index (χ4n) is 8.85. The number of nitrogens with zero attached hydrogens (tertiary/aromatic N) is 1. The molecule has 54 heavy (non-hydrogen) atoms. The van der Waals surface area contributed by atoms with E-state index in [1.807, 2.05) is 11.8 Å². The number of thioether (sulfide) groups is 1. The number of para-hydroxylation sites is 1. The molecule has 0 spiro atoms. The molecule has 2 atom stereocenters. The molecule has 254 valence electrons. The van der Waals surface area contributed by atoms with E-state index >= 15 is 0 Å². The van der Waals surface area contributed by atoms with Crippen LogP contribution in [-0.4, -0.2) is 0 Å². The van der Waals surface area contributed by atoms with Crippen molar-refractivity contribution in [2.24, 2.45) is 5.92 Å². The third kappa shape index (κ3) is 5.10. The lowest BCUT2D eigenvalue weighted by atomic mass is 9.76. The van der Waals surface area contributed by atoms with Crippen LogP contribution in [0.1, 0.15) is 11.5 Å². The topological polar surface area (TPSA) is 3.24 Å². The van der Waals surface area contributed by atoms with Crippen molar-refractivity contribution in [1.29, 1.82) is 0 Å². The highest BCUT2D eigenvalue weighted by atomic mass is 32.2. The molecule has 1 aliphatic heterocycles. The van der Waals surface area contributed by atoms with E-state index in [2.05, 4.69) is 205 Å². The fourth-order valence-corrected chi connectivity index (χ4v) is 10.1. The first-order chi connectivity index (χ1) is 26.8. The van der Waals surface area contributed by atoms with Gasteiger partial charge in [0, 0.05) is 33.7 Å². The first-order valence-electron chi connectivity index (χ1n) is 18.7. The molecule has 0 N–H and O–H groups in total. The van der Waals surface area contributed by atoms with E-state index in [-0.39, 0.29) is 0 Å². The number of fused-ring (bicyclic) bond motifs is 10. The van der Waals surface area contributed by atoms with Gasteiger partial charge in [-0.05, 0) is 101 Å². The predicted octanol–water partition coefficient (Wildman–Crippen LogP) is 14.7. The standard InChI is InChI=1S/C52H35NS/c1-2-10-35(11-3-1)43-14-8-9-17-48(43)53(42-29-30-46-50(33-42)54-49-31-26-37-13-5-7-16-45(37)52(46)49)41-27-24-34(25-28-41)40-23-20-38-19-22-39-21-18-36-12-4-6-15-44(36)51(39)47(38)32-40/h1-33,45,52H. The second kappa shape index (κ2) is 12.7. The van der Waals surface area contributed by atoms with Crippen molar-refractivity contribution in [3.63, 3.8) is 0 Å². The minimum Gasteiger partial charge on any atom is -0.310 e. The summed E-state index contributed by atoms with van der Waals surface area (Å²) < 4.78 is 0. The van der Waals surface area contributed by atoms with Gasteiger partial charge in [0.15, 0.2) is 0 Å². The summed E-state index contributed by atoms with van der Waals surface area (Å²) in [7, 11) is 0.